The number of oxazole rings is 1. The van der Waals surface area contributed by atoms with Crippen LogP contribution < -0.4 is 5.76 Å². The van der Waals surface area contributed by atoms with Gasteiger partial charge >= 0.3 is 5.76 Å². The van der Waals surface area contributed by atoms with Crippen molar-refractivity contribution in [1.82, 2.24) is 9.13 Å². The summed E-state index contributed by atoms with van der Waals surface area (Å²) in [5, 5.41) is 0. The number of hydrogen-bond acceptors (Lipinski definition) is 3. The molecular formula is C18H18N2O3. The molecule has 3 aromatic rings. The summed E-state index contributed by atoms with van der Waals surface area (Å²) in [7, 11) is 0. The summed E-state index contributed by atoms with van der Waals surface area (Å²) in [4.78, 5) is 24.6. The van der Waals surface area contributed by atoms with Crippen molar-refractivity contribution in [1.29, 1.82) is 0 Å². The van der Waals surface area contributed by atoms with E-state index in [4.69, 9.17) is 4.42 Å². The molecule has 0 bridgehead atoms. The Hall–Kier alpha value is -2.82. The smallest absolute Gasteiger partial charge is 0.408 e. The van der Waals surface area contributed by atoms with Crippen LogP contribution in [0.25, 0.3) is 11.1 Å². The first-order valence-corrected chi connectivity index (χ1v) is 7.42. The zero-order chi connectivity index (χ0) is 16.6. The third-order valence-corrected chi connectivity index (χ3v) is 4.06. The monoisotopic (exact) mass is 310 g/mol. The summed E-state index contributed by atoms with van der Waals surface area (Å²) in [6.45, 7) is 8.21. The number of carbonyl (C=O) groups is 1. The van der Waals surface area contributed by atoms with E-state index in [0.29, 0.717) is 23.2 Å². The average molecular weight is 310 g/mol. The zero-order valence-corrected chi connectivity index (χ0v) is 13.2. The Balaban J connectivity index is 1.99. The molecule has 0 unspecified atom stereocenters. The summed E-state index contributed by atoms with van der Waals surface area (Å²) in [5.74, 6) is -0.624. The molecule has 0 N–H and O–H groups in total. The summed E-state index contributed by atoms with van der Waals surface area (Å²) < 4.78 is 8.57. The highest BCUT2D eigenvalue weighted by atomic mass is 16.4. The summed E-state index contributed by atoms with van der Waals surface area (Å²) in [6, 6.07) is 8.95. The molecule has 0 saturated heterocycles. The fraction of sp³-hybridized carbons (Fsp3) is 0.222. The van der Waals surface area contributed by atoms with Gasteiger partial charge in [0.25, 0.3) is 0 Å². The van der Waals surface area contributed by atoms with Crippen LogP contribution in [0.1, 0.15) is 21.7 Å². The Morgan fingerprint density at radius 1 is 1.26 bits per heavy atom. The number of aryl methyl sites for hydroxylation is 1. The number of hydrogen-bond donors (Lipinski definition) is 0. The molecule has 5 nitrogen and oxygen atoms in total. The molecule has 0 fully saturated rings. The molecule has 0 aliphatic carbocycles. The summed E-state index contributed by atoms with van der Waals surface area (Å²) in [5.41, 5.74) is 3.62. The SMILES string of the molecule is C=CCn1c(C)cc(C(=O)Cn2c(=O)oc3ccccc32)c1C. The molecule has 5 heteroatoms. The number of ketones is 1. The molecule has 3 rings (SSSR count). The normalized spacial score (nSPS) is 11.0. The van der Waals surface area contributed by atoms with Gasteiger partial charge in [-0.05, 0) is 32.0 Å². The van der Waals surface area contributed by atoms with Crippen LogP contribution in [-0.2, 0) is 13.1 Å². The Morgan fingerprint density at radius 2 is 2.00 bits per heavy atom. The Morgan fingerprint density at radius 3 is 2.74 bits per heavy atom. The minimum Gasteiger partial charge on any atom is -0.408 e. The maximum absolute atomic E-state index is 12.7. The van der Waals surface area contributed by atoms with E-state index in [1.165, 1.54) is 4.57 Å². The molecule has 23 heavy (non-hydrogen) atoms. The van der Waals surface area contributed by atoms with Gasteiger partial charge in [-0.2, -0.15) is 0 Å². The first-order valence-electron chi connectivity index (χ1n) is 7.42. The van der Waals surface area contributed by atoms with Crippen LogP contribution in [0.15, 0.2) is 52.2 Å². The molecule has 2 heterocycles. The number of allylic oxidation sites excluding steroid dienone is 1. The van der Waals surface area contributed by atoms with Gasteiger partial charge in [-0.15, -0.1) is 6.58 Å². The van der Waals surface area contributed by atoms with Gasteiger partial charge in [0.05, 0.1) is 12.1 Å². The van der Waals surface area contributed by atoms with E-state index in [1.807, 2.05) is 30.5 Å². The van der Waals surface area contributed by atoms with Crippen molar-refractivity contribution in [3.8, 4) is 0 Å². The van der Waals surface area contributed by atoms with Crippen LogP contribution >= 0.6 is 0 Å². The van der Waals surface area contributed by atoms with E-state index in [2.05, 4.69) is 6.58 Å². The van der Waals surface area contributed by atoms with Crippen molar-refractivity contribution in [3.63, 3.8) is 0 Å². The molecule has 118 valence electrons. The lowest BCUT2D eigenvalue weighted by Crippen LogP contribution is -2.20. The van der Waals surface area contributed by atoms with Crippen LogP contribution in [0.3, 0.4) is 0 Å². The zero-order valence-electron chi connectivity index (χ0n) is 13.2. The highest BCUT2D eigenvalue weighted by Crippen LogP contribution is 2.18. The number of benzene rings is 1. The number of aromatic nitrogens is 2. The second kappa shape index (κ2) is 5.76. The standard InChI is InChI=1S/C18H18N2O3/c1-4-9-19-12(2)10-14(13(19)3)16(21)11-20-15-7-5-6-8-17(15)23-18(20)22/h4-8,10H,1,9,11H2,2-3H3. The molecule has 0 radical (unpaired) electrons. The second-order valence-electron chi connectivity index (χ2n) is 5.53. The Bertz CT molecular complexity index is 956. The number of carbonyl (C=O) groups excluding carboxylic acids is 1. The molecule has 0 atom stereocenters. The van der Waals surface area contributed by atoms with Gasteiger partial charge in [-0.3, -0.25) is 9.36 Å². The first-order chi connectivity index (χ1) is 11.0. The minimum atomic E-state index is -0.514. The number of nitrogens with zero attached hydrogens (tertiary/aromatic N) is 2. The topological polar surface area (TPSA) is 57.1 Å². The molecule has 0 spiro atoms. The van der Waals surface area contributed by atoms with Gasteiger partial charge < -0.3 is 8.98 Å². The third-order valence-electron chi connectivity index (χ3n) is 4.06. The lowest BCUT2D eigenvalue weighted by atomic mass is 10.1. The van der Waals surface area contributed by atoms with Gasteiger partial charge in [-0.25, -0.2) is 4.79 Å². The highest BCUT2D eigenvalue weighted by Gasteiger charge is 2.18. The third kappa shape index (κ3) is 2.54. The van der Waals surface area contributed by atoms with E-state index in [-0.39, 0.29) is 12.3 Å². The maximum atomic E-state index is 12.7. The molecular weight excluding hydrogens is 292 g/mol. The van der Waals surface area contributed by atoms with Crippen molar-refractivity contribution in [2.75, 3.05) is 0 Å². The van der Waals surface area contributed by atoms with E-state index < -0.39 is 5.76 Å². The number of Topliss-reactive ketones (excluding diaryl/α,β-unsaturated/α-hetero) is 1. The molecule has 0 amide bonds. The highest BCUT2D eigenvalue weighted by molar-refractivity contribution is 5.98. The van der Waals surface area contributed by atoms with Crippen LogP contribution in [0.2, 0.25) is 0 Å². The summed E-state index contributed by atoms with van der Waals surface area (Å²) >= 11 is 0. The van der Waals surface area contributed by atoms with Crippen molar-refractivity contribution < 1.29 is 9.21 Å². The van der Waals surface area contributed by atoms with E-state index >= 15 is 0 Å². The van der Waals surface area contributed by atoms with Crippen molar-refractivity contribution in [3.05, 3.63) is 70.5 Å². The molecule has 1 aromatic carbocycles. The van der Waals surface area contributed by atoms with Gasteiger partial charge in [0.1, 0.15) is 0 Å². The number of fused-ring (bicyclic) bond motifs is 1. The predicted molar refractivity (Wildman–Crippen MR) is 88.9 cm³/mol. The average Bonchev–Trinajstić information content (AvgIpc) is 2.99. The van der Waals surface area contributed by atoms with Crippen LogP contribution in [0, 0.1) is 13.8 Å². The van der Waals surface area contributed by atoms with E-state index in [9.17, 15) is 9.59 Å². The number of para-hydroxylation sites is 2. The molecule has 0 aliphatic heterocycles. The second-order valence-corrected chi connectivity index (χ2v) is 5.53. The minimum absolute atomic E-state index is 0.0335. The predicted octanol–water partition coefficient (Wildman–Crippen LogP) is 3.08. The Kier molecular flexibility index (Phi) is 3.78. The fourth-order valence-corrected chi connectivity index (χ4v) is 2.89. The van der Waals surface area contributed by atoms with Crippen molar-refractivity contribution in [2.45, 2.75) is 26.9 Å². The fourth-order valence-electron chi connectivity index (χ4n) is 2.89. The number of rotatable bonds is 5. The van der Waals surface area contributed by atoms with Gasteiger partial charge in [0.15, 0.2) is 11.4 Å². The van der Waals surface area contributed by atoms with Crippen LogP contribution in [-0.4, -0.2) is 14.9 Å². The maximum Gasteiger partial charge on any atom is 0.420 e. The van der Waals surface area contributed by atoms with Crippen molar-refractivity contribution >= 4 is 16.9 Å². The Labute approximate surface area is 133 Å². The largest absolute Gasteiger partial charge is 0.420 e. The molecule has 0 aliphatic rings. The lowest BCUT2D eigenvalue weighted by molar-refractivity contribution is 0.0970. The van der Waals surface area contributed by atoms with E-state index in [1.54, 1.807) is 24.3 Å². The molecule has 2 aromatic heterocycles. The van der Waals surface area contributed by atoms with Crippen molar-refractivity contribution in [2.24, 2.45) is 0 Å². The first kappa shape index (κ1) is 15.1. The van der Waals surface area contributed by atoms with Gasteiger partial charge in [0.2, 0.25) is 0 Å². The van der Waals surface area contributed by atoms with Gasteiger partial charge in [0, 0.05) is 23.5 Å². The lowest BCUT2D eigenvalue weighted by Gasteiger charge is -2.06. The van der Waals surface area contributed by atoms with Crippen LogP contribution in [0.5, 0.6) is 0 Å². The summed E-state index contributed by atoms with van der Waals surface area (Å²) in [6.07, 6.45) is 1.79. The van der Waals surface area contributed by atoms with E-state index in [0.717, 1.165) is 11.4 Å². The molecule has 0 saturated carbocycles. The quantitative estimate of drug-likeness (QED) is 0.537. The van der Waals surface area contributed by atoms with Crippen LogP contribution in [0.4, 0.5) is 0 Å². The van der Waals surface area contributed by atoms with Gasteiger partial charge in [-0.1, -0.05) is 18.2 Å².